The zero-order valence-electron chi connectivity index (χ0n) is 11.6. The summed E-state index contributed by atoms with van der Waals surface area (Å²) in [5.41, 5.74) is 3.13. The molecular weight excluding hydrogens is 242 g/mol. The fourth-order valence-electron chi connectivity index (χ4n) is 2.39. The molecule has 0 saturated carbocycles. The molecule has 0 N–H and O–H groups in total. The zero-order valence-corrected chi connectivity index (χ0v) is 11.6. The molecule has 1 aliphatic rings. The van der Waals surface area contributed by atoms with Crippen molar-refractivity contribution in [1.29, 1.82) is 0 Å². The van der Waals surface area contributed by atoms with Crippen molar-refractivity contribution in [2.24, 2.45) is 5.92 Å². The maximum absolute atomic E-state index is 12.1. The highest BCUT2D eigenvalue weighted by molar-refractivity contribution is 6.00. The van der Waals surface area contributed by atoms with Crippen LogP contribution < -0.4 is 4.90 Å². The van der Waals surface area contributed by atoms with E-state index in [2.05, 4.69) is 0 Å². The molecule has 2 rings (SSSR count). The molecule has 0 spiro atoms. The molecule has 1 saturated heterocycles. The predicted octanol–water partition coefficient (Wildman–Crippen LogP) is 2.22. The number of benzene rings is 1. The van der Waals surface area contributed by atoms with Gasteiger partial charge in [-0.05, 0) is 38.0 Å². The Hall–Kier alpha value is -1.84. The monoisotopic (exact) mass is 261 g/mol. The van der Waals surface area contributed by atoms with Crippen molar-refractivity contribution < 1.29 is 14.3 Å². The lowest BCUT2D eigenvalue weighted by Gasteiger charge is -2.20. The van der Waals surface area contributed by atoms with E-state index in [0.717, 1.165) is 16.8 Å². The highest BCUT2D eigenvalue weighted by atomic mass is 16.5. The quantitative estimate of drug-likeness (QED) is 0.784. The van der Waals surface area contributed by atoms with Crippen molar-refractivity contribution in [3.63, 3.8) is 0 Å². The molecule has 0 aliphatic carbocycles. The average Bonchev–Trinajstić information content (AvgIpc) is 2.75. The van der Waals surface area contributed by atoms with E-state index in [1.807, 2.05) is 32.0 Å². The Morgan fingerprint density at radius 3 is 2.84 bits per heavy atom. The lowest BCUT2D eigenvalue weighted by atomic mass is 10.1. The van der Waals surface area contributed by atoms with Gasteiger partial charge in [0.25, 0.3) is 0 Å². The first-order chi connectivity index (χ1) is 9.04. The van der Waals surface area contributed by atoms with Gasteiger partial charge in [0.2, 0.25) is 5.91 Å². The fraction of sp³-hybridized carbons (Fsp3) is 0.467. The number of hydrogen-bond acceptors (Lipinski definition) is 3. The van der Waals surface area contributed by atoms with E-state index in [9.17, 15) is 9.59 Å². The van der Waals surface area contributed by atoms with E-state index < -0.39 is 0 Å². The normalized spacial score (nSPS) is 18.8. The smallest absolute Gasteiger partial charge is 0.311 e. The Bertz CT molecular complexity index is 510. The van der Waals surface area contributed by atoms with E-state index >= 15 is 0 Å². The second kappa shape index (κ2) is 5.43. The van der Waals surface area contributed by atoms with Crippen LogP contribution in [0.15, 0.2) is 18.2 Å². The van der Waals surface area contributed by atoms with E-state index in [0.29, 0.717) is 13.2 Å². The number of nitrogens with zero attached hydrogens (tertiary/aromatic N) is 1. The molecule has 0 aromatic heterocycles. The third-order valence-corrected chi connectivity index (χ3v) is 3.61. The van der Waals surface area contributed by atoms with Crippen LogP contribution >= 0.6 is 0 Å². The van der Waals surface area contributed by atoms with Crippen LogP contribution in [-0.2, 0) is 14.3 Å². The molecule has 1 aliphatic heterocycles. The highest BCUT2D eigenvalue weighted by Crippen LogP contribution is 2.29. The Labute approximate surface area is 113 Å². The molecule has 4 heteroatoms. The van der Waals surface area contributed by atoms with Crippen LogP contribution in [-0.4, -0.2) is 25.0 Å². The molecule has 1 aromatic carbocycles. The van der Waals surface area contributed by atoms with Gasteiger partial charge >= 0.3 is 5.97 Å². The summed E-state index contributed by atoms with van der Waals surface area (Å²) in [6, 6.07) is 5.87. The summed E-state index contributed by atoms with van der Waals surface area (Å²) in [5.74, 6) is -0.622. The van der Waals surface area contributed by atoms with E-state index in [4.69, 9.17) is 4.74 Å². The van der Waals surface area contributed by atoms with Crippen molar-refractivity contribution in [2.45, 2.75) is 27.2 Å². The first kappa shape index (κ1) is 13.6. The highest BCUT2D eigenvalue weighted by Gasteiger charge is 2.36. The van der Waals surface area contributed by atoms with Crippen molar-refractivity contribution >= 4 is 17.6 Å². The maximum Gasteiger partial charge on any atom is 0.311 e. The van der Waals surface area contributed by atoms with Gasteiger partial charge in [-0.25, -0.2) is 0 Å². The van der Waals surface area contributed by atoms with Crippen LogP contribution in [0.25, 0.3) is 0 Å². The van der Waals surface area contributed by atoms with Crippen LogP contribution in [0, 0.1) is 19.8 Å². The second-order valence-electron chi connectivity index (χ2n) is 4.88. The standard InChI is InChI=1S/C15H19NO3/c1-4-19-15(18)12-8-14(17)16(9-12)13-7-5-6-10(2)11(13)3/h5-7,12H,4,8-9H2,1-3H3/t12-/m0/s1. The minimum Gasteiger partial charge on any atom is -0.466 e. The van der Waals surface area contributed by atoms with Gasteiger partial charge < -0.3 is 9.64 Å². The molecule has 4 nitrogen and oxygen atoms in total. The number of amides is 1. The third kappa shape index (κ3) is 2.62. The number of carbonyl (C=O) groups is 2. The Kier molecular flexibility index (Phi) is 3.88. The van der Waals surface area contributed by atoms with Gasteiger partial charge in [0.15, 0.2) is 0 Å². The summed E-state index contributed by atoms with van der Waals surface area (Å²) in [7, 11) is 0. The van der Waals surface area contributed by atoms with Gasteiger partial charge in [0, 0.05) is 18.7 Å². The molecule has 1 heterocycles. The van der Waals surface area contributed by atoms with E-state index in [1.165, 1.54) is 0 Å². The first-order valence-corrected chi connectivity index (χ1v) is 6.57. The molecule has 102 valence electrons. The number of hydrogen-bond donors (Lipinski definition) is 0. The summed E-state index contributed by atoms with van der Waals surface area (Å²) in [6.45, 7) is 6.56. The van der Waals surface area contributed by atoms with Crippen LogP contribution in [0.1, 0.15) is 24.5 Å². The molecule has 1 aromatic rings. The number of anilines is 1. The lowest BCUT2D eigenvalue weighted by Crippen LogP contribution is -2.27. The van der Waals surface area contributed by atoms with Gasteiger partial charge in [-0.15, -0.1) is 0 Å². The van der Waals surface area contributed by atoms with Gasteiger partial charge in [-0.1, -0.05) is 12.1 Å². The Morgan fingerprint density at radius 2 is 2.16 bits per heavy atom. The number of carbonyl (C=O) groups excluding carboxylic acids is 2. The third-order valence-electron chi connectivity index (χ3n) is 3.61. The number of aryl methyl sites for hydroxylation is 1. The van der Waals surface area contributed by atoms with Crippen molar-refractivity contribution in [3.05, 3.63) is 29.3 Å². The molecule has 19 heavy (non-hydrogen) atoms. The maximum atomic E-state index is 12.1. The molecule has 0 unspecified atom stereocenters. The predicted molar refractivity (Wildman–Crippen MR) is 73.0 cm³/mol. The van der Waals surface area contributed by atoms with E-state index in [-0.39, 0.29) is 24.2 Å². The minimum absolute atomic E-state index is 0.00764. The number of esters is 1. The lowest BCUT2D eigenvalue weighted by molar-refractivity contribution is -0.147. The molecule has 0 bridgehead atoms. The summed E-state index contributed by atoms with van der Waals surface area (Å²) in [4.78, 5) is 25.5. The van der Waals surface area contributed by atoms with Crippen LogP contribution in [0.2, 0.25) is 0 Å². The van der Waals surface area contributed by atoms with Crippen LogP contribution in [0.4, 0.5) is 5.69 Å². The van der Waals surface area contributed by atoms with Crippen molar-refractivity contribution in [3.8, 4) is 0 Å². The first-order valence-electron chi connectivity index (χ1n) is 6.57. The van der Waals surface area contributed by atoms with Crippen molar-refractivity contribution in [1.82, 2.24) is 0 Å². The molecule has 1 fully saturated rings. The van der Waals surface area contributed by atoms with Gasteiger partial charge in [0.1, 0.15) is 0 Å². The average molecular weight is 261 g/mol. The Balaban J connectivity index is 2.20. The van der Waals surface area contributed by atoms with Gasteiger partial charge in [-0.2, -0.15) is 0 Å². The SMILES string of the molecule is CCOC(=O)[C@H]1CC(=O)N(c2cccc(C)c2C)C1. The van der Waals surface area contributed by atoms with Gasteiger partial charge in [-0.3, -0.25) is 9.59 Å². The van der Waals surface area contributed by atoms with Crippen LogP contribution in [0.5, 0.6) is 0 Å². The largest absolute Gasteiger partial charge is 0.466 e. The number of ether oxygens (including phenoxy) is 1. The number of rotatable bonds is 3. The summed E-state index contributed by atoms with van der Waals surface area (Å²) < 4.78 is 4.99. The molecule has 1 amide bonds. The fourth-order valence-corrected chi connectivity index (χ4v) is 2.39. The van der Waals surface area contributed by atoms with Gasteiger partial charge in [0.05, 0.1) is 12.5 Å². The molecule has 0 radical (unpaired) electrons. The summed E-state index contributed by atoms with van der Waals surface area (Å²) in [6.07, 6.45) is 0.242. The van der Waals surface area contributed by atoms with Crippen molar-refractivity contribution in [2.75, 3.05) is 18.1 Å². The zero-order chi connectivity index (χ0) is 14.0. The molecular formula is C15H19NO3. The summed E-state index contributed by atoms with van der Waals surface area (Å²) >= 11 is 0. The summed E-state index contributed by atoms with van der Waals surface area (Å²) in [5, 5.41) is 0. The molecule has 1 atom stereocenters. The second-order valence-corrected chi connectivity index (χ2v) is 4.88. The van der Waals surface area contributed by atoms with Crippen LogP contribution in [0.3, 0.4) is 0 Å². The van der Waals surface area contributed by atoms with E-state index in [1.54, 1.807) is 11.8 Å². The topological polar surface area (TPSA) is 46.6 Å². The minimum atomic E-state index is -0.340. The Morgan fingerprint density at radius 1 is 1.42 bits per heavy atom.